The molecule has 2 amide bonds. The molecule has 0 bridgehead atoms. The molecule has 0 aliphatic carbocycles. The summed E-state index contributed by atoms with van der Waals surface area (Å²) in [7, 11) is 0. The minimum atomic E-state index is -1.79. The first-order valence-corrected chi connectivity index (χ1v) is 11.7. The third kappa shape index (κ3) is 10.8. The maximum absolute atomic E-state index is 11.3. The van der Waals surface area contributed by atoms with Crippen molar-refractivity contribution in [1.82, 2.24) is 0 Å². The molecule has 16 heteroatoms. The molecule has 0 aliphatic heterocycles. The molecule has 0 saturated carbocycles. The summed E-state index contributed by atoms with van der Waals surface area (Å²) in [5, 5.41) is 60.0. The molecule has 1 rings (SSSR count). The van der Waals surface area contributed by atoms with Gasteiger partial charge in [-0.3, -0.25) is 9.59 Å². The molecule has 0 aliphatic rings. The molecule has 4 atom stereocenters. The van der Waals surface area contributed by atoms with Crippen molar-refractivity contribution in [3.05, 3.63) is 16.3 Å². The zero-order valence-corrected chi connectivity index (χ0v) is 26.0. The number of aliphatic hydroxyl groups is 5. The fourth-order valence-electron chi connectivity index (χ4n) is 2.03. The smallest absolute Gasteiger partial charge is 0.545 e. The molecule has 0 heterocycles. The normalized spacial score (nSPS) is 13.8. The topological polar surface area (TPSA) is 217 Å². The number of aldehydes is 1. The van der Waals surface area contributed by atoms with E-state index in [1.54, 1.807) is 0 Å². The number of carbonyl (C=O) groups is 4. The van der Waals surface area contributed by atoms with Crippen molar-refractivity contribution in [2.75, 3.05) is 17.2 Å². The Labute approximate surface area is 251 Å². The van der Waals surface area contributed by atoms with Gasteiger partial charge in [-0.25, -0.2) is 0 Å². The quantitative estimate of drug-likeness (QED) is 0.0758. The molecule has 1 aromatic carbocycles. The predicted molar refractivity (Wildman–Crippen MR) is 135 cm³/mol. The largest absolute Gasteiger partial charge is 1.00 e. The number of hydrogen-bond donors (Lipinski definition) is 7. The average Bonchev–Trinajstić information content (AvgIpc) is 2.71. The molecular formula is C17H20I3N2NaO10. The van der Waals surface area contributed by atoms with Gasteiger partial charge in [0.2, 0.25) is 11.8 Å². The Morgan fingerprint density at radius 3 is 1.58 bits per heavy atom. The van der Waals surface area contributed by atoms with Crippen LogP contribution in [0.25, 0.3) is 0 Å². The summed E-state index contributed by atoms with van der Waals surface area (Å²) in [6.07, 6.45) is -6.84. The van der Waals surface area contributed by atoms with Crippen molar-refractivity contribution in [2.24, 2.45) is 0 Å². The van der Waals surface area contributed by atoms with Crippen LogP contribution in [0, 0.1) is 10.7 Å². The number of amides is 2. The van der Waals surface area contributed by atoms with Crippen LogP contribution in [0.15, 0.2) is 0 Å². The van der Waals surface area contributed by atoms with Crippen molar-refractivity contribution < 1.29 is 79.4 Å². The molecule has 180 valence electrons. The first-order valence-electron chi connectivity index (χ1n) is 8.46. The number of aliphatic hydroxyl groups excluding tert-OH is 5. The summed E-state index contributed by atoms with van der Waals surface area (Å²) in [6.45, 7) is 1.88. The van der Waals surface area contributed by atoms with Crippen molar-refractivity contribution in [2.45, 2.75) is 38.3 Å². The predicted octanol–water partition coefficient (Wildman–Crippen LogP) is -4.59. The zero-order chi connectivity index (χ0) is 25.3. The number of nitrogens with one attached hydrogen (secondary N) is 2. The van der Waals surface area contributed by atoms with Crippen LogP contribution in [0.2, 0.25) is 0 Å². The van der Waals surface area contributed by atoms with Gasteiger partial charge in [0.05, 0.1) is 27.5 Å². The van der Waals surface area contributed by atoms with Gasteiger partial charge in [0.1, 0.15) is 24.4 Å². The Morgan fingerprint density at radius 2 is 1.30 bits per heavy atom. The molecule has 0 spiro atoms. The Morgan fingerprint density at radius 1 is 0.909 bits per heavy atom. The van der Waals surface area contributed by atoms with E-state index in [4.69, 9.17) is 25.5 Å². The second kappa shape index (κ2) is 16.9. The summed E-state index contributed by atoms with van der Waals surface area (Å²) in [5.74, 6) is -2.03. The van der Waals surface area contributed by atoms with E-state index in [-0.39, 0.29) is 53.2 Å². The first-order chi connectivity index (χ1) is 14.7. The number of anilines is 2. The van der Waals surface area contributed by atoms with E-state index in [1.165, 1.54) is 13.8 Å². The number of benzene rings is 1. The van der Waals surface area contributed by atoms with Gasteiger partial charge in [0.15, 0.2) is 6.29 Å². The van der Waals surface area contributed by atoms with Crippen LogP contribution >= 0.6 is 67.8 Å². The fourth-order valence-corrected chi connectivity index (χ4v) is 6.18. The van der Waals surface area contributed by atoms with Gasteiger partial charge < -0.3 is 50.9 Å². The molecule has 12 nitrogen and oxygen atoms in total. The van der Waals surface area contributed by atoms with Crippen molar-refractivity contribution in [3.8, 4) is 0 Å². The van der Waals surface area contributed by atoms with E-state index in [2.05, 4.69) is 10.6 Å². The number of carboxylic acid groups (broad SMARTS) is 1. The third-order valence-corrected chi connectivity index (χ3v) is 6.78. The van der Waals surface area contributed by atoms with Crippen LogP contribution in [0.3, 0.4) is 0 Å². The summed E-state index contributed by atoms with van der Waals surface area (Å²) in [6, 6.07) is 0. The average molecular weight is 816 g/mol. The zero-order valence-electron chi connectivity index (χ0n) is 17.5. The van der Waals surface area contributed by atoms with E-state index < -0.39 is 37.0 Å². The van der Waals surface area contributed by atoms with Crippen molar-refractivity contribution in [1.29, 1.82) is 0 Å². The SMILES string of the molecule is CC(=O)Nc1c(I)c(NC(C)=O)c(I)c(C(=O)[O-])c1I.O=C[C@H](O)[C@@H](O)[C@H](O)[C@H](O)CO.[Na+]. The summed E-state index contributed by atoms with van der Waals surface area (Å²) in [5.41, 5.74) is 0.642. The van der Waals surface area contributed by atoms with E-state index in [0.29, 0.717) is 22.1 Å². The third-order valence-electron chi connectivity index (χ3n) is 3.54. The number of halogens is 3. The maximum Gasteiger partial charge on any atom is 1.00 e. The summed E-state index contributed by atoms with van der Waals surface area (Å²) in [4.78, 5) is 43.7. The molecule has 1 aromatic rings. The van der Waals surface area contributed by atoms with Crippen molar-refractivity contribution in [3.63, 3.8) is 0 Å². The van der Waals surface area contributed by atoms with Gasteiger partial charge in [0, 0.05) is 26.6 Å². The summed E-state index contributed by atoms with van der Waals surface area (Å²) >= 11 is 5.61. The maximum atomic E-state index is 11.3. The van der Waals surface area contributed by atoms with Gasteiger partial charge in [-0.15, -0.1) is 0 Å². The Balaban J connectivity index is 0. The first kappa shape index (κ1) is 35.5. The molecule has 33 heavy (non-hydrogen) atoms. The molecule has 0 radical (unpaired) electrons. The molecule has 0 aromatic heterocycles. The van der Waals surface area contributed by atoms with Crippen LogP contribution < -0.4 is 45.3 Å². The molecule has 0 unspecified atom stereocenters. The molecular weight excluding hydrogens is 796 g/mol. The standard InChI is InChI=1S/C11H9I3N2O4.C6H12O6.Na/c1-3(17)15-9-6(12)5(11(19)20)7(13)10(8(9)14)16-4(2)18;7-1-3(9)5(11)6(12)4(10)2-8;/h1-2H3,(H,15,17)(H,16,18)(H,19,20);1,3-6,8-12H,2H2;/q;;+1/p-1/t;3-,4+,5+,6+;/m.0./s1. The van der Waals surface area contributed by atoms with Crippen LogP contribution in [0.4, 0.5) is 11.4 Å². The van der Waals surface area contributed by atoms with E-state index in [0.717, 1.165) is 0 Å². The van der Waals surface area contributed by atoms with Crippen LogP contribution in [-0.4, -0.2) is 80.6 Å². The van der Waals surface area contributed by atoms with Crippen LogP contribution in [-0.2, 0) is 14.4 Å². The van der Waals surface area contributed by atoms with E-state index >= 15 is 0 Å². The Kier molecular flexibility index (Phi) is 18.1. The second-order valence-electron chi connectivity index (χ2n) is 6.07. The fraction of sp³-hybridized carbons (Fsp3) is 0.412. The number of carboxylic acids is 1. The van der Waals surface area contributed by atoms with Crippen LogP contribution in [0.1, 0.15) is 24.2 Å². The number of rotatable bonds is 8. The van der Waals surface area contributed by atoms with Gasteiger partial charge in [-0.2, -0.15) is 0 Å². The monoisotopic (exact) mass is 816 g/mol. The second-order valence-corrected chi connectivity index (χ2v) is 9.31. The molecule has 0 saturated heterocycles. The molecule has 0 fully saturated rings. The van der Waals surface area contributed by atoms with Gasteiger partial charge in [-0.1, -0.05) is 0 Å². The minimum Gasteiger partial charge on any atom is -0.545 e. The van der Waals surface area contributed by atoms with Crippen molar-refractivity contribution >= 4 is 103 Å². The Bertz CT molecular complexity index is 831. The number of carbonyl (C=O) groups excluding carboxylic acids is 4. The number of hydrogen-bond acceptors (Lipinski definition) is 10. The number of aromatic carboxylic acids is 1. The molecule has 7 N–H and O–H groups in total. The Hall–Kier alpha value is 0.290. The minimum absolute atomic E-state index is 0. The summed E-state index contributed by atoms with van der Waals surface area (Å²) < 4.78 is 1.29. The van der Waals surface area contributed by atoms with Gasteiger partial charge in [0.25, 0.3) is 0 Å². The van der Waals surface area contributed by atoms with E-state index in [9.17, 15) is 24.3 Å². The van der Waals surface area contributed by atoms with Crippen LogP contribution in [0.5, 0.6) is 0 Å². The van der Waals surface area contributed by atoms with E-state index in [1.807, 2.05) is 67.8 Å². The van der Waals surface area contributed by atoms with Gasteiger partial charge in [-0.05, 0) is 67.8 Å². The van der Waals surface area contributed by atoms with Gasteiger partial charge >= 0.3 is 29.6 Å².